The summed E-state index contributed by atoms with van der Waals surface area (Å²) in [6.45, 7) is 1.38. The predicted octanol–water partition coefficient (Wildman–Crippen LogP) is 5.26. The highest BCUT2D eigenvalue weighted by atomic mass is 35.5. The van der Waals surface area contributed by atoms with E-state index in [0.29, 0.717) is 40.0 Å². The number of halogens is 2. The molecule has 0 unspecified atom stereocenters. The predicted molar refractivity (Wildman–Crippen MR) is 119 cm³/mol. The Hall–Kier alpha value is -2.75. The van der Waals surface area contributed by atoms with Crippen LogP contribution in [0, 0.1) is 5.82 Å². The maximum atomic E-state index is 13.4. The van der Waals surface area contributed by atoms with Crippen molar-refractivity contribution >= 4 is 23.4 Å². The Morgan fingerprint density at radius 1 is 1.12 bits per heavy atom. The van der Waals surface area contributed by atoms with Gasteiger partial charge in [0.25, 0.3) is 0 Å². The molecule has 0 bridgehead atoms. The van der Waals surface area contributed by atoms with Gasteiger partial charge in [-0.1, -0.05) is 40.7 Å². The molecule has 1 atom stereocenters. The van der Waals surface area contributed by atoms with E-state index in [9.17, 15) is 4.39 Å². The number of rotatable bonds is 7. The first-order valence-corrected chi connectivity index (χ1v) is 11.5. The molecule has 1 aliphatic rings. The Morgan fingerprint density at radius 2 is 2.00 bits per heavy atom. The highest BCUT2D eigenvalue weighted by molar-refractivity contribution is 7.98. The van der Waals surface area contributed by atoms with E-state index in [4.69, 9.17) is 20.9 Å². The van der Waals surface area contributed by atoms with E-state index in [1.807, 2.05) is 16.7 Å². The second kappa shape index (κ2) is 9.40. The summed E-state index contributed by atoms with van der Waals surface area (Å²) >= 11 is 7.50. The largest absolute Gasteiger partial charge is 0.376 e. The Morgan fingerprint density at radius 3 is 2.78 bits per heavy atom. The lowest BCUT2D eigenvalue weighted by Crippen LogP contribution is -2.16. The zero-order valence-corrected chi connectivity index (χ0v) is 18.5. The Kier molecular flexibility index (Phi) is 6.20. The topological polar surface area (TPSA) is 78.9 Å². The summed E-state index contributed by atoms with van der Waals surface area (Å²) in [5.74, 6) is 1.77. The summed E-state index contributed by atoms with van der Waals surface area (Å²) in [5.41, 5.74) is 1.59. The molecule has 2 aromatic carbocycles. The number of thioether (sulfide) groups is 1. The third kappa shape index (κ3) is 4.69. The van der Waals surface area contributed by atoms with Gasteiger partial charge in [-0.2, -0.15) is 4.98 Å². The number of hydrogen-bond donors (Lipinski definition) is 0. The molecule has 3 heterocycles. The molecule has 0 radical (unpaired) electrons. The second-order valence-electron chi connectivity index (χ2n) is 7.37. The van der Waals surface area contributed by atoms with Gasteiger partial charge in [0.1, 0.15) is 5.82 Å². The lowest BCUT2D eigenvalue weighted by Gasteiger charge is -2.14. The van der Waals surface area contributed by atoms with Crippen molar-refractivity contribution in [2.45, 2.75) is 36.4 Å². The monoisotopic (exact) mass is 471 g/mol. The molecule has 0 aliphatic carbocycles. The number of aromatic nitrogens is 5. The Labute approximate surface area is 193 Å². The van der Waals surface area contributed by atoms with Gasteiger partial charge in [-0.3, -0.25) is 4.57 Å². The zero-order valence-electron chi connectivity index (χ0n) is 16.9. The molecular weight excluding hydrogens is 453 g/mol. The molecule has 4 aromatic rings. The number of benzene rings is 2. The Bertz CT molecular complexity index is 1210. The fourth-order valence-corrected chi connectivity index (χ4v) is 4.52. The third-order valence-corrected chi connectivity index (χ3v) is 6.29. The van der Waals surface area contributed by atoms with Gasteiger partial charge >= 0.3 is 0 Å². The molecule has 2 aromatic heterocycles. The minimum Gasteiger partial charge on any atom is -0.376 e. The molecule has 1 aliphatic heterocycles. The van der Waals surface area contributed by atoms with Gasteiger partial charge in [-0.05, 0) is 49.2 Å². The van der Waals surface area contributed by atoms with Crippen LogP contribution in [0.5, 0.6) is 0 Å². The maximum Gasteiger partial charge on any atom is 0.237 e. The highest BCUT2D eigenvalue weighted by Gasteiger charge is 2.22. The van der Waals surface area contributed by atoms with Crippen LogP contribution in [-0.2, 0) is 17.0 Å². The van der Waals surface area contributed by atoms with Gasteiger partial charge in [-0.25, -0.2) is 4.39 Å². The van der Waals surface area contributed by atoms with Crippen LogP contribution in [0.2, 0.25) is 5.02 Å². The van der Waals surface area contributed by atoms with Crippen molar-refractivity contribution in [2.24, 2.45) is 0 Å². The van der Waals surface area contributed by atoms with Crippen molar-refractivity contribution in [1.29, 1.82) is 0 Å². The lowest BCUT2D eigenvalue weighted by atomic mass is 10.2. The number of nitrogens with zero attached hydrogens (tertiary/aromatic N) is 5. The molecule has 7 nitrogen and oxygen atoms in total. The van der Waals surface area contributed by atoms with E-state index >= 15 is 0 Å². The molecule has 10 heteroatoms. The quantitative estimate of drug-likeness (QED) is 0.340. The summed E-state index contributed by atoms with van der Waals surface area (Å²) in [6.07, 6.45) is 2.12. The van der Waals surface area contributed by atoms with Crippen LogP contribution in [0.25, 0.3) is 22.8 Å². The van der Waals surface area contributed by atoms with E-state index in [0.717, 1.165) is 30.6 Å². The summed E-state index contributed by atoms with van der Waals surface area (Å²) in [5, 5.41) is 14.1. The maximum absolute atomic E-state index is 13.4. The van der Waals surface area contributed by atoms with Crippen molar-refractivity contribution in [1.82, 2.24) is 24.9 Å². The fraction of sp³-hybridized carbons (Fsp3) is 0.273. The van der Waals surface area contributed by atoms with Gasteiger partial charge in [0.05, 0.1) is 18.4 Å². The smallest absolute Gasteiger partial charge is 0.237 e. The van der Waals surface area contributed by atoms with Crippen LogP contribution in [0.1, 0.15) is 18.7 Å². The van der Waals surface area contributed by atoms with Crippen LogP contribution in [-0.4, -0.2) is 37.6 Å². The number of ether oxygens (including phenoxy) is 1. The van der Waals surface area contributed by atoms with Crippen LogP contribution >= 0.6 is 23.4 Å². The molecule has 0 N–H and O–H groups in total. The van der Waals surface area contributed by atoms with E-state index in [-0.39, 0.29) is 11.9 Å². The van der Waals surface area contributed by atoms with Crippen LogP contribution < -0.4 is 0 Å². The average molecular weight is 472 g/mol. The molecule has 164 valence electrons. The second-order valence-corrected chi connectivity index (χ2v) is 8.75. The lowest BCUT2D eigenvalue weighted by molar-refractivity contribution is 0.0953. The van der Waals surface area contributed by atoms with Gasteiger partial charge in [0.2, 0.25) is 11.7 Å². The molecule has 1 fully saturated rings. The van der Waals surface area contributed by atoms with E-state index in [2.05, 4.69) is 20.3 Å². The van der Waals surface area contributed by atoms with Crippen LogP contribution in [0.3, 0.4) is 0 Å². The van der Waals surface area contributed by atoms with Crippen LogP contribution in [0.15, 0.2) is 58.2 Å². The number of hydrogen-bond acceptors (Lipinski definition) is 7. The fourth-order valence-electron chi connectivity index (χ4n) is 3.55. The minimum atomic E-state index is -0.291. The van der Waals surface area contributed by atoms with E-state index < -0.39 is 0 Å². The molecule has 5 rings (SSSR count). The van der Waals surface area contributed by atoms with Crippen LogP contribution in [0.4, 0.5) is 4.39 Å². The van der Waals surface area contributed by atoms with Gasteiger partial charge in [0.15, 0.2) is 11.0 Å². The van der Waals surface area contributed by atoms with Gasteiger partial charge in [-0.15, -0.1) is 10.2 Å². The summed E-state index contributed by atoms with van der Waals surface area (Å²) in [7, 11) is 0. The van der Waals surface area contributed by atoms with Crippen molar-refractivity contribution in [3.8, 4) is 22.8 Å². The van der Waals surface area contributed by atoms with Gasteiger partial charge in [0, 0.05) is 22.8 Å². The molecular formula is C22H19ClFN5O2S. The molecule has 1 saturated heterocycles. The van der Waals surface area contributed by atoms with Gasteiger partial charge < -0.3 is 9.26 Å². The first kappa shape index (κ1) is 21.1. The SMILES string of the molecule is Fc1ccc(-c2nnc(SCc3nc(-c4cccc(Cl)c4)no3)n2C[C@H]2CCCO2)cc1. The summed E-state index contributed by atoms with van der Waals surface area (Å²) in [4.78, 5) is 4.46. The summed E-state index contributed by atoms with van der Waals surface area (Å²) in [6, 6.07) is 13.5. The minimum absolute atomic E-state index is 0.0994. The van der Waals surface area contributed by atoms with Crippen molar-refractivity contribution < 1.29 is 13.7 Å². The zero-order chi connectivity index (χ0) is 21.9. The van der Waals surface area contributed by atoms with Crippen molar-refractivity contribution in [3.05, 3.63) is 65.3 Å². The first-order chi connectivity index (χ1) is 15.7. The Balaban J connectivity index is 1.36. The standard InChI is InChI=1S/C22H19ClFN5O2S/c23-16-4-1-3-15(11-16)20-25-19(31-28-20)13-32-22-27-26-21(14-6-8-17(24)9-7-14)29(22)12-18-5-2-10-30-18/h1,3-4,6-9,11,18H,2,5,10,12-13H2/t18-/m1/s1. The van der Waals surface area contributed by atoms with Crippen molar-refractivity contribution in [3.63, 3.8) is 0 Å². The highest BCUT2D eigenvalue weighted by Crippen LogP contribution is 2.29. The first-order valence-electron chi connectivity index (χ1n) is 10.2. The van der Waals surface area contributed by atoms with E-state index in [1.54, 1.807) is 24.3 Å². The van der Waals surface area contributed by atoms with Crippen molar-refractivity contribution in [2.75, 3.05) is 6.61 Å². The third-order valence-electron chi connectivity index (χ3n) is 5.11. The molecule has 0 amide bonds. The molecule has 32 heavy (non-hydrogen) atoms. The molecule has 0 saturated carbocycles. The normalized spacial score (nSPS) is 16.0. The average Bonchev–Trinajstić information content (AvgIpc) is 3.55. The van der Waals surface area contributed by atoms with E-state index in [1.165, 1.54) is 23.9 Å². The molecule has 0 spiro atoms. The summed E-state index contributed by atoms with van der Waals surface area (Å²) < 4.78 is 26.6.